The van der Waals surface area contributed by atoms with Crippen LogP contribution in [0.2, 0.25) is 5.15 Å². The van der Waals surface area contributed by atoms with Gasteiger partial charge in [-0.2, -0.15) is 10.2 Å². The summed E-state index contributed by atoms with van der Waals surface area (Å²) in [6.07, 6.45) is 2.04. The summed E-state index contributed by atoms with van der Waals surface area (Å²) in [6, 6.07) is 9.32. The molecule has 5 rings (SSSR count). The van der Waals surface area contributed by atoms with Gasteiger partial charge in [-0.3, -0.25) is 4.79 Å². The van der Waals surface area contributed by atoms with Gasteiger partial charge in [-0.15, -0.1) is 0 Å². The number of carbonyl (C=O) groups is 1. The van der Waals surface area contributed by atoms with E-state index < -0.39 is 0 Å². The van der Waals surface area contributed by atoms with Crippen molar-refractivity contribution < 1.29 is 14.3 Å². The van der Waals surface area contributed by atoms with Crippen LogP contribution in [0.5, 0.6) is 5.88 Å². The number of halogens is 1. The quantitative estimate of drug-likeness (QED) is 0.399. The van der Waals surface area contributed by atoms with E-state index in [2.05, 4.69) is 21.3 Å². The van der Waals surface area contributed by atoms with Crippen molar-refractivity contribution in [3.63, 3.8) is 0 Å². The first kappa shape index (κ1) is 23.3. The number of aryl methyl sites for hydroxylation is 1. The van der Waals surface area contributed by atoms with E-state index in [9.17, 15) is 10.1 Å². The van der Waals surface area contributed by atoms with Crippen molar-refractivity contribution in [3.8, 4) is 11.9 Å². The summed E-state index contributed by atoms with van der Waals surface area (Å²) in [5, 5.41) is 13.4. The first-order valence-electron chi connectivity index (χ1n) is 11.5. The zero-order valence-corrected chi connectivity index (χ0v) is 20.3. The number of hydrogen-bond acceptors (Lipinski definition) is 9. The predicted molar refractivity (Wildman–Crippen MR) is 132 cm³/mol. The number of anilines is 2. The highest BCUT2D eigenvalue weighted by atomic mass is 35.5. The molecule has 10 heteroatoms. The van der Waals surface area contributed by atoms with Crippen molar-refractivity contribution in [2.45, 2.75) is 32.7 Å². The van der Waals surface area contributed by atoms with Gasteiger partial charge < -0.3 is 19.7 Å². The molecule has 0 amide bonds. The summed E-state index contributed by atoms with van der Waals surface area (Å²) in [4.78, 5) is 26.9. The second-order valence-electron chi connectivity index (χ2n) is 9.27. The Balaban J connectivity index is 1.54. The van der Waals surface area contributed by atoms with E-state index >= 15 is 0 Å². The number of hydrogen-bond donors (Lipinski definition) is 1. The van der Waals surface area contributed by atoms with Crippen LogP contribution in [0.15, 0.2) is 24.3 Å². The molecule has 2 fully saturated rings. The van der Waals surface area contributed by atoms with Crippen LogP contribution in [0.1, 0.15) is 42.6 Å². The van der Waals surface area contributed by atoms with Crippen molar-refractivity contribution in [2.24, 2.45) is 5.41 Å². The minimum Gasteiger partial charge on any atom is -0.407 e. The molecular weight excluding hydrogens is 468 g/mol. The molecule has 2 aliphatic heterocycles. The average molecular weight is 493 g/mol. The molecule has 2 atom stereocenters. The van der Waals surface area contributed by atoms with Crippen LogP contribution in [0, 0.1) is 23.7 Å². The molecule has 9 nitrogen and oxygen atoms in total. The Hall–Kier alpha value is -3.48. The zero-order chi connectivity index (χ0) is 24.6. The molecule has 35 heavy (non-hydrogen) atoms. The second kappa shape index (κ2) is 9.29. The van der Waals surface area contributed by atoms with Gasteiger partial charge in [-0.05, 0) is 50.5 Å². The maximum Gasteiger partial charge on any atom is 0.299 e. The van der Waals surface area contributed by atoms with Gasteiger partial charge in [-0.1, -0.05) is 17.7 Å². The number of pyridine rings is 1. The van der Waals surface area contributed by atoms with Crippen molar-refractivity contribution in [1.29, 1.82) is 5.26 Å². The first-order valence-corrected chi connectivity index (χ1v) is 11.9. The summed E-state index contributed by atoms with van der Waals surface area (Å²) in [5.41, 5.74) is 4.25. The number of fused-ring (bicyclic) bond motifs is 1. The summed E-state index contributed by atoms with van der Waals surface area (Å²) in [7, 11) is 0. The van der Waals surface area contributed by atoms with Gasteiger partial charge >= 0.3 is 0 Å². The highest BCUT2D eigenvalue weighted by Crippen LogP contribution is 2.41. The molecule has 2 aliphatic rings. The van der Waals surface area contributed by atoms with Crippen LogP contribution in [0.3, 0.4) is 0 Å². The molecule has 0 saturated carbocycles. The molecule has 0 radical (unpaired) electrons. The van der Waals surface area contributed by atoms with Gasteiger partial charge in [0.05, 0.1) is 29.4 Å². The van der Waals surface area contributed by atoms with Gasteiger partial charge in [-0.25, -0.2) is 9.97 Å². The van der Waals surface area contributed by atoms with Crippen LogP contribution >= 0.6 is 11.6 Å². The minimum absolute atomic E-state index is 0.0935. The maximum absolute atomic E-state index is 10.9. The Labute approximate surface area is 208 Å². The number of rotatable bonds is 6. The Kier molecular flexibility index (Phi) is 6.17. The topological polar surface area (TPSA) is 113 Å². The third-order valence-corrected chi connectivity index (χ3v) is 6.99. The number of nitriles is 1. The fourth-order valence-corrected chi connectivity index (χ4v) is 5.15. The standard InChI is InChI=1S/C25H25ClN6O3/c1-15-9-17(16(2)28-18-3-4-21(26)30-24(18)35-14-33)22-19(10-15)29-20(11-27)23(31-22)32-7-5-25(12-32)6-8-34-13-25/h3-4,9-10,14,16,28H,5-8,12-13H2,1-2H3/t16-,25-/m1/s1. The molecule has 1 N–H and O–H groups in total. The SMILES string of the molecule is Cc1cc([C@@H](C)Nc2ccc(Cl)nc2OC=O)c2nc(N3CC[C@@]4(CCOC4)C3)c(C#N)nc2c1. The molecule has 1 aromatic carbocycles. The Morgan fingerprint density at radius 3 is 2.91 bits per heavy atom. The highest BCUT2D eigenvalue weighted by Gasteiger charge is 2.42. The highest BCUT2D eigenvalue weighted by molar-refractivity contribution is 6.29. The fourth-order valence-electron chi connectivity index (χ4n) is 5.01. The van der Waals surface area contributed by atoms with E-state index in [0.717, 1.165) is 50.3 Å². The first-order chi connectivity index (χ1) is 16.9. The van der Waals surface area contributed by atoms with Crippen LogP contribution in [0.25, 0.3) is 11.0 Å². The van der Waals surface area contributed by atoms with E-state index in [1.807, 2.05) is 26.0 Å². The van der Waals surface area contributed by atoms with Gasteiger partial charge in [0.25, 0.3) is 6.47 Å². The summed E-state index contributed by atoms with van der Waals surface area (Å²) < 4.78 is 10.7. The van der Waals surface area contributed by atoms with E-state index in [4.69, 9.17) is 31.0 Å². The number of benzene rings is 1. The van der Waals surface area contributed by atoms with Crippen molar-refractivity contribution in [1.82, 2.24) is 15.0 Å². The molecule has 0 aliphatic carbocycles. The van der Waals surface area contributed by atoms with Crippen molar-refractivity contribution in [2.75, 3.05) is 36.5 Å². The lowest BCUT2D eigenvalue weighted by Crippen LogP contribution is -2.28. The fraction of sp³-hybridized carbons (Fsp3) is 0.400. The minimum atomic E-state index is -0.238. The van der Waals surface area contributed by atoms with Crippen LogP contribution in [-0.4, -0.2) is 47.7 Å². The Morgan fingerprint density at radius 1 is 1.31 bits per heavy atom. The van der Waals surface area contributed by atoms with Crippen molar-refractivity contribution in [3.05, 3.63) is 46.2 Å². The van der Waals surface area contributed by atoms with Crippen LogP contribution in [0.4, 0.5) is 11.5 Å². The molecule has 2 saturated heterocycles. The second-order valence-corrected chi connectivity index (χ2v) is 9.66. The van der Waals surface area contributed by atoms with Gasteiger partial charge in [0, 0.05) is 30.7 Å². The Morgan fingerprint density at radius 2 is 2.17 bits per heavy atom. The van der Waals surface area contributed by atoms with Gasteiger partial charge in [0.1, 0.15) is 11.2 Å². The monoisotopic (exact) mass is 492 g/mol. The largest absolute Gasteiger partial charge is 0.407 e. The molecular formula is C25H25ClN6O3. The molecule has 2 aromatic heterocycles. The normalized spacial score (nSPS) is 20.2. The lowest BCUT2D eigenvalue weighted by molar-refractivity contribution is -0.120. The smallest absolute Gasteiger partial charge is 0.299 e. The average Bonchev–Trinajstić information content (AvgIpc) is 3.49. The van der Waals surface area contributed by atoms with E-state index in [1.165, 1.54) is 0 Å². The lowest BCUT2D eigenvalue weighted by Gasteiger charge is -2.24. The molecule has 3 aromatic rings. The third-order valence-electron chi connectivity index (χ3n) is 6.78. The Bertz CT molecular complexity index is 1340. The van der Waals surface area contributed by atoms with Crippen molar-refractivity contribution >= 4 is 40.6 Å². The number of aromatic nitrogens is 3. The number of nitrogens with zero attached hydrogens (tertiary/aromatic N) is 5. The van der Waals surface area contributed by atoms with E-state index in [0.29, 0.717) is 34.7 Å². The number of nitrogens with one attached hydrogen (secondary N) is 1. The summed E-state index contributed by atoms with van der Waals surface area (Å²) >= 11 is 5.97. The summed E-state index contributed by atoms with van der Waals surface area (Å²) in [6.45, 7) is 7.42. The van der Waals surface area contributed by atoms with Gasteiger partial charge in [0.15, 0.2) is 11.5 Å². The van der Waals surface area contributed by atoms with E-state index in [1.54, 1.807) is 12.1 Å². The van der Waals surface area contributed by atoms with Crippen LogP contribution < -0.4 is 15.0 Å². The molecule has 1 spiro atoms. The van der Waals surface area contributed by atoms with E-state index in [-0.39, 0.29) is 22.5 Å². The molecule has 4 heterocycles. The zero-order valence-electron chi connectivity index (χ0n) is 19.5. The molecule has 180 valence electrons. The predicted octanol–water partition coefficient (Wildman–Crippen LogP) is 4.18. The summed E-state index contributed by atoms with van der Waals surface area (Å²) in [5.74, 6) is 0.704. The molecule has 0 bridgehead atoms. The maximum atomic E-state index is 10.9. The molecule has 0 unspecified atom stereocenters. The lowest BCUT2D eigenvalue weighted by atomic mass is 9.87. The van der Waals surface area contributed by atoms with Crippen LogP contribution in [-0.2, 0) is 9.53 Å². The number of ether oxygens (including phenoxy) is 2. The number of carbonyl (C=O) groups excluding carboxylic acids is 1. The van der Waals surface area contributed by atoms with Gasteiger partial charge in [0.2, 0.25) is 5.88 Å². The third kappa shape index (κ3) is 4.47.